The van der Waals surface area contributed by atoms with Gasteiger partial charge in [0.1, 0.15) is 0 Å². The second-order valence-electron chi connectivity index (χ2n) is 2.48. The molecule has 0 rings (SSSR count). The van der Waals surface area contributed by atoms with Crippen molar-refractivity contribution in [3.8, 4) is 0 Å². The summed E-state index contributed by atoms with van der Waals surface area (Å²) in [4.78, 5) is 30.5. The second-order valence-corrected chi connectivity index (χ2v) is 2.48. The van der Waals surface area contributed by atoms with Gasteiger partial charge < -0.3 is 20.4 Å². The first-order valence-electron chi connectivity index (χ1n) is 3.17. The Balaban J connectivity index is -0.000000720. The Labute approximate surface area is 170 Å². The standard InChI is InChI=1S/C6H8O7.2K/c7-3(8)1-6(13,5(11)12)2-4(9)10;;/h13H,1-2H2,(H,7,8)(H,9,10)(H,11,12);;. The molecule has 0 aromatic rings. The third kappa shape index (κ3) is 9.35. The molecule has 0 spiro atoms. The van der Waals surface area contributed by atoms with Crippen LogP contribution in [0.4, 0.5) is 0 Å². The van der Waals surface area contributed by atoms with Gasteiger partial charge in [0, 0.05) is 103 Å². The predicted molar refractivity (Wildman–Crippen MR) is 48.6 cm³/mol. The summed E-state index contributed by atoms with van der Waals surface area (Å²) < 4.78 is 0. The van der Waals surface area contributed by atoms with E-state index in [1.165, 1.54) is 0 Å². The number of rotatable bonds is 5. The zero-order valence-corrected chi connectivity index (χ0v) is 14.7. The second kappa shape index (κ2) is 9.65. The van der Waals surface area contributed by atoms with E-state index in [1.807, 2.05) is 0 Å². The van der Waals surface area contributed by atoms with Gasteiger partial charge in [-0.25, -0.2) is 4.79 Å². The van der Waals surface area contributed by atoms with Crippen LogP contribution in [0.3, 0.4) is 0 Å². The quantitative estimate of drug-likeness (QED) is 0.424. The Morgan fingerprint density at radius 1 is 0.867 bits per heavy atom. The zero-order chi connectivity index (χ0) is 10.6. The predicted octanol–water partition coefficient (Wildman–Crippen LogP) is -2.01. The molecule has 76 valence electrons. The summed E-state index contributed by atoms with van der Waals surface area (Å²) in [5.41, 5.74) is -2.74. The van der Waals surface area contributed by atoms with E-state index in [-0.39, 0.29) is 103 Å². The average Bonchev–Trinajstić information content (AvgIpc) is 1.82. The van der Waals surface area contributed by atoms with E-state index in [1.54, 1.807) is 0 Å². The van der Waals surface area contributed by atoms with Gasteiger partial charge in [-0.3, -0.25) is 9.59 Å². The molecule has 0 saturated carbocycles. The van der Waals surface area contributed by atoms with Crippen LogP contribution in [0.5, 0.6) is 0 Å². The van der Waals surface area contributed by atoms with Crippen molar-refractivity contribution in [2.45, 2.75) is 18.4 Å². The van der Waals surface area contributed by atoms with Crippen molar-refractivity contribution in [2.75, 3.05) is 0 Å². The molecule has 0 aromatic carbocycles. The van der Waals surface area contributed by atoms with Gasteiger partial charge in [-0.2, -0.15) is 0 Å². The van der Waals surface area contributed by atoms with Crippen molar-refractivity contribution in [2.24, 2.45) is 0 Å². The molecule has 0 saturated heterocycles. The van der Waals surface area contributed by atoms with Crippen LogP contribution in [0.25, 0.3) is 0 Å². The molecular weight excluding hydrogens is 262 g/mol. The minimum absolute atomic E-state index is 0. The van der Waals surface area contributed by atoms with Crippen LogP contribution in [-0.4, -0.2) is 147 Å². The van der Waals surface area contributed by atoms with Crippen LogP contribution >= 0.6 is 0 Å². The van der Waals surface area contributed by atoms with E-state index >= 15 is 0 Å². The van der Waals surface area contributed by atoms with E-state index in [0.29, 0.717) is 0 Å². The number of carbonyl (C=O) groups is 3. The van der Waals surface area contributed by atoms with Crippen molar-refractivity contribution in [3.05, 3.63) is 0 Å². The Hall–Kier alpha value is 1.64. The first-order chi connectivity index (χ1) is 5.78. The minimum atomic E-state index is -2.74. The zero-order valence-electron chi connectivity index (χ0n) is 8.43. The molecule has 9 heteroatoms. The molecule has 2 radical (unpaired) electrons. The Morgan fingerprint density at radius 3 is 1.27 bits per heavy atom. The molecule has 4 N–H and O–H groups in total. The smallest absolute Gasteiger partial charge is 0.336 e. The van der Waals surface area contributed by atoms with Gasteiger partial charge in [0.2, 0.25) is 0 Å². The Bertz CT molecular complexity index is 236. The van der Waals surface area contributed by atoms with Gasteiger partial charge in [0.15, 0.2) is 5.60 Å². The van der Waals surface area contributed by atoms with Crippen molar-refractivity contribution < 1.29 is 34.8 Å². The molecule has 0 aliphatic carbocycles. The molecule has 0 fully saturated rings. The average molecular weight is 270 g/mol. The number of carboxylic acid groups (broad SMARTS) is 3. The third-order valence-corrected chi connectivity index (χ3v) is 1.29. The van der Waals surface area contributed by atoms with Gasteiger partial charge >= 0.3 is 17.9 Å². The minimum Gasteiger partial charge on any atom is -0.481 e. The Morgan fingerprint density at radius 2 is 1.13 bits per heavy atom. The van der Waals surface area contributed by atoms with Crippen LogP contribution in [-0.2, 0) is 14.4 Å². The first kappa shape index (κ1) is 21.9. The third-order valence-electron chi connectivity index (χ3n) is 1.29. The van der Waals surface area contributed by atoms with Crippen LogP contribution in [0.1, 0.15) is 12.8 Å². The molecular formula is C6H8K2O7. The summed E-state index contributed by atoms with van der Waals surface area (Å²) in [6.45, 7) is 0. The molecule has 0 heterocycles. The molecule has 0 aliphatic rings. The van der Waals surface area contributed by atoms with E-state index in [2.05, 4.69) is 0 Å². The van der Waals surface area contributed by atoms with Gasteiger partial charge in [0.05, 0.1) is 12.8 Å². The molecule has 0 unspecified atom stereocenters. The monoisotopic (exact) mass is 270 g/mol. The molecule has 7 nitrogen and oxygen atoms in total. The van der Waals surface area contributed by atoms with E-state index in [4.69, 9.17) is 20.4 Å². The molecule has 0 aliphatic heterocycles. The summed E-state index contributed by atoms with van der Waals surface area (Å²) in [5.74, 6) is -5.02. The van der Waals surface area contributed by atoms with Gasteiger partial charge in [-0.1, -0.05) is 0 Å². The summed E-state index contributed by atoms with van der Waals surface area (Å²) >= 11 is 0. The fourth-order valence-corrected chi connectivity index (χ4v) is 0.714. The van der Waals surface area contributed by atoms with Crippen molar-refractivity contribution in [1.29, 1.82) is 0 Å². The summed E-state index contributed by atoms with van der Waals surface area (Å²) in [6.07, 6.45) is -2.29. The SMILES string of the molecule is O=C(O)CC(O)(CC(=O)O)C(=O)O.[K].[K]. The summed E-state index contributed by atoms with van der Waals surface area (Å²) in [7, 11) is 0. The van der Waals surface area contributed by atoms with Gasteiger partial charge in [-0.05, 0) is 0 Å². The van der Waals surface area contributed by atoms with Crippen LogP contribution in [0.15, 0.2) is 0 Å². The van der Waals surface area contributed by atoms with E-state index < -0.39 is 36.4 Å². The van der Waals surface area contributed by atoms with Crippen molar-refractivity contribution in [1.82, 2.24) is 0 Å². The van der Waals surface area contributed by atoms with Gasteiger partial charge in [-0.15, -0.1) is 0 Å². The van der Waals surface area contributed by atoms with Crippen molar-refractivity contribution in [3.63, 3.8) is 0 Å². The number of aliphatic hydroxyl groups is 1. The van der Waals surface area contributed by atoms with Gasteiger partial charge in [0.25, 0.3) is 0 Å². The number of hydrogen-bond donors (Lipinski definition) is 4. The molecule has 0 bridgehead atoms. The molecule has 15 heavy (non-hydrogen) atoms. The van der Waals surface area contributed by atoms with Crippen LogP contribution < -0.4 is 0 Å². The maximum absolute atomic E-state index is 10.3. The first-order valence-corrected chi connectivity index (χ1v) is 3.17. The number of aliphatic carboxylic acids is 3. The molecule has 0 aromatic heterocycles. The molecule has 0 atom stereocenters. The summed E-state index contributed by atoms with van der Waals surface area (Å²) in [6, 6.07) is 0. The normalized spacial score (nSPS) is 9.40. The maximum Gasteiger partial charge on any atom is 0.336 e. The van der Waals surface area contributed by atoms with Crippen LogP contribution in [0.2, 0.25) is 0 Å². The maximum atomic E-state index is 10.3. The van der Waals surface area contributed by atoms with Crippen LogP contribution in [0, 0.1) is 0 Å². The fraction of sp³-hybridized carbons (Fsp3) is 0.500. The number of hydrogen-bond acceptors (Lipinski definition) is 4. The summed E-state index contributed by atoms with van der Waals surface area (Å²) in [5, 5.41) is 33.8. The molecule has 0 amide bonds. The Kier molecular flexibility index (Phi) is 14.1. The van der Waals surface area contributed by atoms with E-state index in [0.717, 1.165) is 0 Å². The topological polar surface area (TPSA) is 132 Å². The number of carboxylic acids is 3. The van der Waals surface area contributed by atoms with E-state index in [9.17, 15) is 14.4 Å². The largest absolute Gasteiger partial charge is 0.481 e. The van der Waals surface area contributed by atoms with Crippen molar-refractivity contribution >= 4 is 121 Å². The fourth-order valence-electron chi connectivity index (χ4n) is 0.714.